The number of hydrogen-bond donors (Lipinski definition) is 0. The van der Waals surface area contributed by atoms with E-state index < -0.39 is 0 Å². The molecule has 3 nitrogen and oxygen atoms in total. The van der Waals surface area contributed by atoms with Crippen molar-refractivity contribution >= 4 is 21.9 Å². The average molecular weight is 363 g/mol. The Morgan fingerprint density at radius 1 is 0.786 bits per heavy atom. The number of hydrogen-bond acceptors (Lipinski definition) is 2. The van der Waals surface area contributed by atoms with Crippen molar-refractivity contribution in [1.82, 2.24) is 14.5 Å². The molecule has 0 saturated heterocycles. The van der Waals surface area contributed by atoms with E-state index in [0.29, 0.717) is 0 Å². The fraction of sp³-hybridized carbons (Fsp3) is 0.120. The van der Waals surface area contributed by atoms with Crippen LogP contribution < -0.4 is 0 Å². The number of aryl methyl sites for hydroxylation is 2. The molecule has 0 aliphatic carbocycles. The molecule has 0 atom stereocenters. The molecule has 0 fully saturated rings. The van der Waals surface area contributed by atoms with E-state index in [2.05, 4.69) is 90.1 Å². The van der Waals surface area contributed by atoms with Gasteiger partial charge in [0.25, 0.3) is 0 Å². The largest absolute Gasteiger partial charge is 0.319 e. The predicted octanol–water partition coefficient (Wildman–Crippen LogP) is 5.92. The number of fused-ring (bicyclic) bond motifs is 3. The number of benzene rings is 3. The summed E-state index contributed by atoms with van der Waals surface area (Å²) in [5, 5.41) is 1.09. The van der Waals surface area contributed by atoms with Crippen molar-refractivity contribution in [3.8, 4) is 11.4 Å². The Morgan fingerprint density at radius 3 is 2.25 bits per heavy atom. The monoisotopic (exact) mass is 363 g/mol. The molecule has 0 bridgehead atoms. The molecule has 2 heterocycles. The summed E-state index contributed by atoms with van der Waals surface area (Å²) < 4.78 is 2.32. The Labute approximate surface area is 164 Å². The average Bonchev–Trinajstić information content (AvgIpc) is 3.09. The van der Waals surface area contributed by atoms with Crippen LogP contribution in [0.3, 0.4) is 0 Å². The molecular weight excluding hydrogens is 342 g/mol. The third-order valence-electron chi connectivity index (χ3n) is 5.27. The first kappa shape index (κ1) is 16.7. The Balaban J connectivity index is 1.76. The highest BCUT2D eigenvalue weighted by Crippen LogP contribution is 2.30. The van der Waals surface area contributed by atoms with Gasteiger partial charge in [-0.05, 0) is 43.7 Å². The van der Waals surface area contributed by atoms with E-state index in [4.69, 9.17) is 4.98 Å². The van der Waals surface area contributed by atoms with Crippen molar-refractivity contribution < 1.29 is 0 Å². The van der Waals surface area contributed by atoms with E-state index in [9.17, 15) is 0 Å². The number of rotatable bonds is 3. The highest BCUT2D eigenvalue weighted by atomic mass is 15.1. The fourth-order valence-corrected chi connectivity index (χ4v) is 3.70. The van der Waals surface area contributed by atoms with Crippen LogP contribution in [0.25, 0.3) is 33.3 Å². The zero-order valence-corrected chi connectivity index (χ0v) is 16.1. The van der Waals surface area contributed by atoms with Crippen LogP contribution in [0.1, 0.15) is 16.7 Å². The number of imidazole rings is 1. The van der Waals surface area contributed by atoms with E-state index in [-0.39, 0.29) is 0 Å². The SMILES string of the molecule is Cc1ccc(Cn2c(-c3ccc(C)cc3)nc3c4cccnc4ccc32)cc1. The van der Waals surface area contributed by atoms with Gasteiger partial charge in [0.05, 0.1) is 16.6 Å². The van der Waals surface area contributed by atoms with E-state index in [1.807, 2.05) is 12.3 Å². The Morgan fingerprint density at radius 2 is 1.50 bits per heavy atom. The molecule has 0 unspecified atom stereocenters. The number of nitrogens with zero attached hydrogens (tertiary/aromatic N) is 3. The first-order valence-electron chi connectivity index (χ1n) is 9.55. The van der Waals surface area contributed by atoms with Crippen molar-refractivity contribution in [2.24, 2.45) is 0 Å². The molecule has 5 aromatic rings. The topological polar surface area (TPSA) is 30.7 Å². The summed E-state index contributed by atoms with van der Waals surface area (Å²) in [6, 6.07) is 25.6. The summed E-state index contributed by atoms with van der Waals surface area (Å²) in [5.41, 5.74) is 8.04. The Kier molecular flexibility index (Phi) is 3.94. The van der Waals surface area contributed by atoms with Gasteiger partial charge in [0.15, 0.2) is 0 Å². The van der Waals surface area contributed by atoms with Crippen molar-refractivity contribution in [3.05, 3.63) is 95.7 Å². The molecule has 0 saturated carbocycles. The summed E-state index contributed by atoms with van der Waals surface area (Å²) >= 11 is 0. The first-order valence-corrected chi connectivity index (χ1v) is 9.55. The first-order chi connectivity index (χ1) is 13.7. The van der Waals surface area contributed by atoms with Crippen molar-refractivity contribution in [2.75, 3.05) is 0 Å². The second kappa shape index (κ2) is 6.61. The molecule has 0 spiro atoms. The molecule has 0 N–H and O–H groups in total. The fourth-order valence-electron chi connectivity index (χ4n) is 3.70. The van der Waals surface area contributed by atoms with Gasteiger partial charge in [-0.3, -0.25) is 4.98 Å². The van der Waals surface area contributed by atoms with Gasteiger partial charge in [-0.1, -0.05) is 59.7 Å². The quantitative estimate of drug-likeness (QED) is 0.398. The maximum atomic E-state index is 5.08. The minimum absolute atomic E-state index is 0.783. The van der Waals surface area contributed by atoms with Gasteiger partial charge < -0.3 is 4.57 Å². The molecule has 0 radical (unpaired) electrons. The maximum absolute atomic E-state index is 5.08. The van der Waals surface area contributed by atoms with Crippen LogP contribution in [-0.2, 0) is 6.54 Å². The number of pyridine rings is 1. The zero-order valence-electron chi connectivity index (χ0n) is 16.1. The predicted molar refractivity (Wildman–Crippen MR) is 115 cm³/mol. The maximum Gasteiger partial charge on any atom is 0.141 e. The molecule has 28 heavy (non-hydrogen) atoms. The van der Waals surface area contributed by atoms with Gasteiger partial charge in [-0.25, -0.2) is 4.98 Å². The summed E-state index contributed by atoms with van der Waals surface area (Å²) in [6.45, 7) is 5.01. The number of aromatic nitrogens is 3. The second-order valence-electron chi connectivity index (χ2n) is 7.38. The Hall–Kier alpha value is -3.46. The molecular formula is C25H21N3. The minimum atomic E-state index is 0.783. The van der Waals surface area contributed by atoms with Crippen molar-refractivity contribution in [1.29, 1.82) is 0 Å². The van der Waals surface area contributed by atoms with Gasteiger partial charge in [-0.2, -0.15) is 0 Å². The highest BCUT2D eigenvalue weighted by Gasteiger charge is 2.15. The second-order valence-corrected chi connectivity index (χ2v) is 7.38. The van der Waals surface area contributed by atoms with E-state index in [1.165, 1.54) is 16.7 Å². The normalized spacial score (nSPS) is 11.4. The van der Waals surface area contributed by atoms with Crippen LogP contribution in [0.5, 0.6) is 0 Å². The molecule has 136 valence electrons. The van der Waals surface area contributed by atoms with Gasteiger partial charge in [0.2, 0.25) is 0 Å². The smallest absolute Gasteiger partial charge is 0.141 e. The molecule has 3 aromatic carbocycles. The van der Waals surface area contributed by atoms with Crippen LogP contribution in [0, 0.1) is 13.8 Å². The van der Waals surface area contributed by atoms with Gasteiger partial charge in [0, 0.05) is 23.7 Å². The van der Waals surface area contributed by atoms with E-state index >= 15 is 0 Å². The minimum Gasteiger partial charge on any atom is -0.319 e. The third-order valence-corrected chi connectivity index (χ3v) is 5.27. The van der Waals surface area contributed by atoms with Crippen LogP contribution in [-0.4, -0.2) is 14.5 Å². The lowest BCUT2D eigenvalue weighted by Gasteiger charge is -2.10. The van der Waals surface area contributed by atoms with Crippen LogP contribution in [0.2, 0.25) is 0 Å². The summed E-state index contributed by atoms with van der Waals surface area (Å²) in [5.74, 6) is 0.993. The third kappa shape index (κ3) is 2.85. The standard InChI is InChI=1S/C25H21N3/c1-17-5-9-19(10-6-17)16-28-23-14-13-22-21(4-3-15-26-22)24(23)27-25(28)20-11-7-18(2)8-12-20/h3-15H,16H2,1-2H3. The van der Waals surface area contributed by atoms with Crippen LogP contribution >= 0.6 is 0 Å². The summed E-state index contributed by atoms with van der Waals surface area (Å²) in [6.07, 6.45) is 1.83. The van der Waals surface area contributed by atoms with Gasteiger partial charge >= 0.3 is 0 Å². The molecule has 0 aliphatic heterocycles. The lowest BCUT2D eigenvalue weighted by Crippen LogP contribution is -2.02. The highest BCUT2D eigenvalue weighted by molar-refractivity contribution is 6.03. The molecule has 0 amide bonds. The lowest BCUT2D eigenvalue weighted by molar-refractivity contribution is 0.834. The zero-order chi connectivity index (χ0) is 19.1. The van der Waals surface area contributed by atoms with E-state index in [0.717, 1.165) is 39.9 Å². The van der Waals surface area contributed by atoms with Gasteiger partial charge in [0.1, 0.15) is 5.82 Å². The summed E-state index contributed by atoms with van der Waals surface area (Å²) in [7, 11) is 0. The lowest BCUT2D eigenvalue weighted by atomic mass is 10.1. The molecule has 2 aromatic heterocycles. The van der Waals surface area contributed by atoms with Crippen molar-refractivity contribution in [3.63, 3.8) is 0 Å². The molecule has 0 aliphatic rings. The molecule has 3 heteroatoms. The summed E-state index contributed by atoms with van der Waals surface area (Å²) in [4.78, 5) is 9.58. The van der Waals surface area contributed by atoms with Crippen LogP contribution in [0.4, 0.5) is 0 Å². The Bertz CT molecular complexity index is 1280. The molecule has 5 rings (SSSR count). The van der Waals surface area contributed by atoms with Gasteiger partial charge in [-0.15, -0.1) is 0 Å². The van der Waals surface area contributed by atoms with Crippen LogP contribution in [0.15, 0.2) is 79.0 Å². The van der Waals surface area contributed by atoms with Crippen molar-refractivity contribution in [2.45, 2.75) is 20.4 Å². The van der Waals surface area contributed by atoms with E-state index in [1.54, 1.807) is 0 Å².